The molecule has 0 radical (unpaired) electrons. The monoisotopic (exact) mass is 416 g/mol. The molecule has 4 nitrogen and oxygen atoms in total. The summed E-state index contributed by atoms with van der Waals surface area (Å²) in [5.41, 5.74) is 3.94. The van der Waals surface area contributed by atoms with Gasteiger partial charge in [-0.1, -0.05) is 78.9 Å². The van der Waals surface area contributed by atoms with Gasteiger partial charge in [0.05, 0.1) is 22.0 Å². The van der Waals surface area contributed by atoms with Crippen LogP contribution < -0.4 is 0 Å². The SMILES string of the molecule is O=[N+]([O-])c1ccccc1-c1cc2c(c3ccccc13)c1ccccc1n2C1C=CC=CC1. The molecule has 0 saturated carbocycles. The summed E-state index contributed by atoms with van der Waals surface area (Å²) in [4.78, 5) is 11.5. The molecule has 0 bridgehead atoms. The van der Waals surface area contributed by atoms with Gasteiger partial charge in [0.15, 0.2) is 0 Å². The van der Waals surface area contributed by atoms with Crippen molar-refractivity contribution in [1.82, 2.24) is 4.57 Å². The molecule has 5 aromatic rings. The molecule has 1 aliphatic carbocycles. The Morgan fingerprint density at radius 2 is 1.50 bits per heavy atom. The molecule has 0 fully saturated rings. The molecule has 0 saturated heterocycles. The van der Waals surface area contributed by atoms with Gasteiger partial charge >= 0.3 is 0 Å². The van der Waals surface area contributed by atoms with Crippen LogP contribution in [0.3, 0.4) is 0 Å². The summed E-state index contributed by atoms with van der Waals surface area (Å²) in [5, 5.41) is 16.4. The number of nitro groups is 1. The number of allylic oxidation sites excluding steroid dienone is 4. The standard InChI is InChI=1S/C28H20N2O2/c31-30(32)26-17-9-6-13-21(26)24-18-27-28(22-14-5-4-12-20(22)24)23-15-7-8-16-25(23)29(27)19-10-2-1-3-11-19/h1-10,12-19H,11H2. The summed E-state index contributed by atoms with van der Waals surface area (Å²) in [6.07, 6.45) is 9.51. The first-order chi connectivity index (χ1) is 15.7. The zero-order chi connectivity index (χ0) is 21.7. The summed E-state index contributed by atoms with van der Waals surface area (Å²) in [6.45, 7) is 0. The van der Waals surface area contributed by atoms with E-state index in [-0.39, 0.29) is 16.7 Å². The summed E-state index contributed by atoms with van der Waals surface area (Å²) < 4.78 is 2.38. The Hall–Kier alpha value is -4.18. The van der Waals surface area contributed by atoms with E-state index < -0.39 is 0 Å². The smallest absolute Gasteiger partial charge is 0.277 e. The Morgan fingerprint density at radius 1 is 0.781 bits per heavy atom. The largest absolute Gasteiger partial charge is 0.333 e. The second kappa shape index (κ2) is 7.20. The third kappa shape index (κ3) is 2.70. The minimum Gasteiger partial charge on any atom is -0.333 e. The molecule has 1 aromatic heterocycles. The number of benzene rings is 4. The molecular weight excluding hydrogens is 396 g/mol. The summed E-state index contributed by atoms with van der Waals surface area (Å²) in [5.74, 6) is 0. The normalized spacial score (nSPS) is 15.7. The van der Waals surface area contributed by atoms with Gasteiger partial charge in [-0.2, -0.15) is 0 Å². The van der Waals surface area contributed by atoms with Crippen LogP contribution in [-0.2, 0) is 0 Å². The van der Waals surface area contributed by atoms with Crippen LogP contribution in [0.25, 0.3) is 43.7 Å². The van der Waals surface area contributed by atoms with E-state index in [0.717, 1.165) is 28.3 Å². The summed E-state index contributed by atoms with van der Waals surface area (Å²) in [7, 11) is 0. The Kier molecular flexibility index (Phi) is 4.18. The van der Waals surface area contributed by atoms with E-state index in [1.807, 2.05) is 24.3 Å². The van der Waals surface area contributed by atoms with Gasteiger partial charge in [0, 0.05) is 22.4 Å². The average molecular weight is 416 g/mol. The molecule has 0 aliphatic heterocycles. The Labute approximate surface area is 184 Å². The van der Waals surface area contributed by atoms with Crippen molar-refractivity contribution in [3.8, 4) is 11.1 Å². The lowest BCUT2D eigenvalue weighted by Gasteiger charge is -2.19. The van der Waals surface area contributed by atoms with Gasteiger partial charge in [-0.3, -0.25) is 10.1 Å². The van der Waals surface area contributed by atoms with E-state index in [0.29, 0.717) is 5.56 Å². The quantitative estimate of drug-likeness (QED) is 0.225. The number of hydrogen-bond acceptors (Lipinski definition) is 2. The molecule has 0 N–H and O–H groups in total. The van der Waals surface area contributed by atoms with Gasteiger partial charge in [0.2, 0.25) is 0 Å². The third-order valence-corrected chi connectivity index (χ3v) is 6.40. The maximum atomic E-state index is 11.8. The van der Waals surface area contributed by atoms with Gasteiger partial charge in [-0.05, 0) is 41.0 Å². The van der Waals surface area contributed by atoms with Crippen molar-refractivity contribution >= 4 is 38.3 Å². The molecular formula is C28H20N2O2. The van der Waals surface area contributed by atoms with E-state index >= 15 is 0 Å². The van der Waals surface area contributed by atoms with Crippen molar-refractivity contribution in [1.29, 1.82) is 0 Å². The van der Waals surface area contributed by atoms with Crippen molar-refractivity contribution < 1.29 is 4.92 Å². The van der Waals surface area contributed by atoms with E-state index in [1.165, 1.54) is 16.3 Å². The lowest BCUT2D eigenvalue weighted by Crippen LogP contribution is -2.06. The molecule has 1 atom stereocenters. The lowest BCUT2D eigenvalue weighted by atomic mass is 9.94. The number of nitro benzene ring substituents is 1. The second-order valence-electron chi connectivity index (χ2n) is 8.14. The van der Waals surface area contributed by atoms with Crippen LogP contribution in [0.5, 0.6) is 0 Å². The van der Waals surface area contributed by atoms with E-state index in [4.69, 9.17) is 0 Å². The number of rotatable bonds is 3. The fourth-order valence-electron chi connectivity index (χ4n) is 5.06. The zero-order valence-electron chi connectivity index (χ0n) is 17.3. The van der Waals surface area contributed by atoms with Crippen LogP contribution in [0.15, 0.2) is 103 Å². The van der Waals surface area contributed by atoms with Crippen LogP contribution in [0.1, 0.15) is 12.5 Å². The highest BCUT2D eigenvalue weighted by molar-refractivity contribution is 6.24. The van der Waals surface area contributed by atoms with Crippen molar-refractivity contribution in [3.05, 3.63) is 113 Å². The highest BCUT2D eigenvalue weighted by atomic mass is 16.6. The molecule has 1 unspecified atom stereocenters. The number of para-hydroxylation sites is 2. The predicted molar refractivity (Wildman–Crippen MR) is 131 cm³/mol. The third-order valence-electron chi connectivity index (χ3n) is 6.40. The molecule has 4 aromatic carbocycles. The van der Waals surface area contributed by atoms with Crippen LogP contribution >= 0.6 is 0 Å². The molecule has 154 valence electrons. The van der Waals surface area contributed by atoms with Gasteiger partial charge < -0.3 is 4.57 Å². The van der Waals surface area contributed by atoms with E-state index in [1.54, 1.807) is 12.1 Å². The minimum absolute atomic E-state index is 0.125. The van der Waals surface area contributed by atoms with E-state index in [9.17, 15) is 10.1 Å². The highest BCUT2D eigenvalue weighted by Crippen LogP contribution is 2.43. The predicted octanol–water partition coefficient (Wildman–Crippen LogP) is 7.58. The molecule has 6 rings (SSSR count). The molecule has 4 heteroatoms. The van der Waals surface area contributed by atoms with Crippen LogP contribution in [0.2, 0.25) is 0 Å². The Morgan fingerprint density at radius 3 is 2.28 bits per heavy atom. The number of aromatic nitrogens is 1. The van der Waals surface area contributed by atoms with Crippen molar-refractivity contribution in [2.75, 3.05) is 0 Å². The Bertz CT molecular complexity index is 1590. The maximum Gasteiger partial charge on any atom is 0.277 e. The number of fused-ring (bicyclic) bond motifs is 5. The van der Waals surface area contributed by atoms with Crippen molar-refractivity contribution in [3.63, 3.8) is 0 Å². The molecule has 0 spiro atoms. The van der Waals surface area contributed by atoms with E-state index in [2.05, 4.69) is 71.3 Å². The fourth-order valence-corrected chi connectivity index (χ4v) is 5.06. The molecule has 0 amide bonds. The highest BCUT2D eigenvalue weighted by Gasteiger charge is 2.22. The average Bonchev–Trinajstić information content (AvgIpc) is 3.18. The lowest BCUT2D eigenvalue weighted by molar-refractivity contribution is -0.384. The Balaban J connectivity index is 1.80. The summed E-state index contributed by atoms with van der Waals surface area (Å²) in [6, 6.07) is 26.1. The van der Waals surface area contributed by atoms with Crippen molar-refractivity contribution in [2.45, 2.75) is 12.5 Å². The van der Waals surface area contributed by atoms with Crippen molar-refractivity contribution in [2.24, 2.45) is 0 Å². The van der Waals surface area contributed by atoms with Gasteiger partial charge in [0.25, 0.3) is 5.69 Å². The van der Waals surface area contributed by atoms with Gasteiger partial charge in [-0.15, -0.1) is 0 Å². The van der Waals surface area contributed by atoms with Crippen LogP contribution in [0.4, 0.5) is 5.69 Å². The summed E-state index contributed by atoms with van der Waals surface area (Å²) >= 11 is 0. The first-order valence-corrected chi connectivity index (χ1v) is 10.8. The number of nitrogens with zero attached hydrogens (tertiary/aromatic N) is 2. The van der Waals surface area contributed by atoms with Crippen LogP contribution in [0, 0.1) is 10.1 Å². The first kappa shape index (κ1) is 18.6. The minimum atomic E-state index is -0.293. The zero-order valence-corrected chi connectivity index (χ0v) is 17.3. The van der Waals surface area contributed by atoms with Gasteiger partial charge in [0.1, 0.15) is 0 Å². The van der Waals surface area contributed by atoms with Gasteiger partial charge in [-0.25, -0.2) is 0 Å². The topological polar surface area (TPSA) is 48.1 Å². The second-order valence-corrected chi connectivity index (χ2v) is 8.14. The number of hydrogen-bond donors (Lipinski definition) is 0. The molecule has 1 heterocycles. The maximum absolute atomic E-state index is 11.8. The molecule has 1 aliphatic rings. The molecule has 32 heavy (non-hydrogen) atoms. The van der Waals surface area contributed by atoms with Crippen LogP contribution in [-0.4, -0.2) is 9.49 Å². The fraction of sp³-hybridized carbons (Fsp3) is 0.0714. The first-order valence-electron chi connectivity index (χ1n) is 10.8.